The summed E-state index contributed by atoms with van der Waals surface area (Å²) in [5.74, 6) is -0.176. The summed E-state index contributed by atoms with van der Waals surface area (Å²) < 4.78 is 11.2. The second kappa shape index (κ2) is 33.5. The maximum absolute atomic E-state index is 12.9. The number of aliphatic hydroxyl groups excluding tert-OH is 5. The van der Waals surface area contributed by atoms with Crippen LogP contribution in [-0.4, -0.2) is 87.5 Å². The van der Waals surface area contributed by atoms with Crippen molar-refractivity contribution in [1.29, 1.82) is 0 Å². The Morgan fingerprint density at radius 3 is 1.53 bits per heavy atom. The molecule has 0 radical (unpaired) electrons. The van der Waals surface area contributed by atoms with Crippen LogP contribution in [0.2, 0.25) is 0 Å². The zero-order chi connectivity index (χ0) is 37.4. The third kappa shape index (κ3) is 24.8. The van der Waals surface area contributed by atoms with E-state index < -0.39 is 49.5 Å². The van der Waals surface area contributed by atoms with Crippen molar-refractivity contribution in [2.24, 2.45) is 0 Å². The summed E-state index contributed by atoms with van der Waals surface area (Å²) in [4.78, 5) is 12.9. The van der Waals surface area contributed by atoms with Crippen molar-refractivity contribution < 1.29 is 39.8 Å². The summed E-state index contributed by atoms with van der Waals surface area (Å²) in [6.45, 7) is 3.76. The molecule has 302 valence electrons. The fraction of sp³-hybridized carbons (Fsp3) is 0.929. The number of ether oxygens (including phenoxy) is 2. The first kappa shape index (κ1) is 48.0. The lowest BCUT2D eigenvalue weighted by Crippen LogP contribution is -2.60. The number of hydrogen-bond acceptors (Lipinski definition) is 8. The van der Waals surface area contributed by atoms with Crippen molar-refractivity contribution in [3.63, 3.8) is 0 Å². The number of amides is 1. The van der Waals surface area contributed by atoms with Gasteiger partial charge in [-0.2, -0.15) is 0 Å². The predicted octanol–water partition coefficient (Wildman–Crippen LogP) is 8.17. The van der Waals surface area contributed by atoms with Gasteiger partial charge < -0.3 is 40.3 Å². The van der Waals surface area contributed by atoms with E-state index in [4.69, 9.17) is 9.47 Å². The number of hydrogen-bond donors (Lipinski definition) is 6. The molecule has 2 unspecified atom stereocenters. The van der Waals surface area contributed by atoms with Gasteiger partial charge in [-0.1, -0.05) is 180 Å². The molecule has 1 aliphatic rings. The largest absolute Gasteiger partial charge is 0.394 e. The summed E-state index contributed by atoms with van der Waals surface area (Å²) in [5, 5.41) is 54.0. The van der Waals surface area contributed by atoms with Gasteiger partial charge in [0, 0.05) is 6.42 Å². The van der Waals surface area contributed by atoms with Crippen molar-refractivity contribution in [2.45, 2.75) is 236 Å². The van der Waals surface area contributed by atoms with Crippen LogP contribution in [0.25, 0.3) is 0 Å². The van der Waals surface area contributed by atoms with E-state index in [0.717, 1.165) is 38.5 Å². The number of carbonyl (C=O) groups excluding carboxylic acids is 1. The number of rotatable bonds is 35. The first-order valence-corrected chi connectivity index (χ1v) is 21.4. The van der Waals surface area contributed by atoms with E-state index in [2.05, 4.69) is 19.2 Å². The predicted molar refractivity (Wildman–Crippen MR) is 207 cm³/mol. The first-order valence-electron chi connectivity index (χ1n) is 21.4. The molecule has 0 aliphatic carbocycles. The zero-order valence-electron chi connectivity index (χ0n) is 32.9. The Morgan fingerprint density at radius 2 is 1.08 bits per heavy atom. The Hall–Kier alpha value is -1.07. The minimum Gasteiger partial charge on any atom is -0.394 e. The highest BCUT2D eigenvalue weighted by Crippen LogP contribution is 2.22. The van der Waals surface area contributed by atoms with Gasteiger partial charge >= 0.3 is 0 Å². The summed E-state index contributed by atoms with van der Waals surface area (Å²) >= 11 is 0. The molecule has 9 heteroatoms. The quantitative estimate of drug-likeness (QED) is 0.0283. The molecule has 1 rings (SSSR count). The van der Waals surface area contributed by atoms with Crippen LogP contribution in [0, 0.1) is 0 Å². The summed E-state index contributed by atoms with van der Waals surface area (Å²) in [5.41, 5.74) is 0. The van der Waals surface area contributed by atoms with Crippen molar-refractivity contribution in [1.82, 2.24) is 5.32 Å². The average molecular weight is 728 g/mol. The fourth-order valence-electron chi connectivity index (χ4n) is 6.86. The van der Waals surface area contributed by atoms with E-state index >= 15 is 0 Å². The molecule has 0 aromatic heterocycles. The second-order valence-corrected chi connectivity index (χ2v) is 15.1. The molecule has 0 spiro atoms. The third-order valence-corrected chi connectivity index (χ3v) is 10.4. The molecule has 1 amide bonds. The van der Waals surface area contributed by atoms with Crippen LogP contribution in [0.1, 0.15) is 194 Å². The average Bonchev–Trinajstić information content (AvgIpc) is 3.13. The molecule has 1 aliphatic heterocycles. The standard InChI is InChI=1S/C42H81NO8/c1-3-5-7-9-11-13-15-17-19-21-23-25-27-29-31-36(45)35(34-50-42-41(49)40(48)39(47)37(33-44)51-42)43-38(46)32-30-28-26-24-22-20-18-16-14-12-10-8-6-4-2/h29,31,35-37,39-42,44-45,47-49H,3-28,30,32-34H2,1-2H3,(H,43,46)/b31-29+/t35-,36+,37+,39-,40?,41?,42+/m0/s1. The molecule has 0 aromatic rings. The molecule has 1 saturated heterocycles. The molecule has 1 fully saturated rings. The van der Waals surface area contributed by atoms with Gasteiger partial charge in [-0.05, 0) is 19.3 Å². The number of unbranched alkanes of at least 4 members (excludes halogenated alkanes) is 25. The van der Waals surface area contributed by atoms with Crippen LogP contribution in [0.3, 0.4) is 0 Å². The highest BCUT2D eigenvalue weighted by Gasteiger charge is 2.44. The molecule has 51 heavy (non-hydrogen) atoms. The van der Waals surface area contributed by atoms with Crippen molar-refractivity contribution in [3.05, 3.63) is 12.2 Å². The van der Waals surface area contributed by atoms with Gasteiger partial charge in [0.2, 0.25) is 5.91 Å². The Balaban J connectivity index is 2.40. The smallest absolute Gasteiger partial charge is 0.220 e. The molecular formula is C42H81NO8. The van der Waals surface area contributed by atoms with Crippen LogP contribution in [0.4, 0.5) is 0 Å². The van der Waals surface area contributed by atoms with Crippen molar-refractivity contribution in [3.8, 4) is 0 Å². The van der Waals surface area contributed by atoms with Crippen LogP contribution < -0.4 is 5.32 Å². The normalized spacial score (nSPS) is 22.1. The molecule has 0 saturated carbocycles. The third-order valence-electron chi connectivity index (χ3n) is 10.4. The van der Waals surface area contributed by atoms with Gasteiger partial charge in [-0.15, -0.1) is 0 Å². The number of carbonyl (C=O) groups is 1. The van der Waals surface area contributed by atoms with Crippen LogP contribution in [-0.2, 0) is 14.3 Å². The highest BCUT2D eigenvalue weighted by molar-refractivity contribution is 5.76. The Bertz CT molecular complexity index is 812. The monoisotopic (exact) mass is 728 g/mol. The number of nitrogens with one attached hydrogen (secondary N) is 1. The SMILES string of the molecule is CCCCCCCCCCCCCC/C=C/[C@@H](O)[C@H](CO[C@@H]1O[C@H](CO)[C@H](O)C(O)C1O)NC(=O)CCCCCCCCCCCCCCCC. The van der Waals surface area contributed by atoms with Crippen LogP contribution >= 0.6 is 0 Å². The van der Waals surface area contributed by atoms with Gasteiger partial charge in [-0.3, -0.25) is 4.79 Å². The fourth-order valence-corrected chi connectivity index (χ4v) is 6.86. The summed E-state index contributed by atoms with van der Waals surface area (Å²) in [6, 6.07) is -0.797. The zero-order valence-corrected chi connectivity index (χ0v) is 32.9. The topological polar surface area (TPSA) is 149 Å². The second-order valence-electron chi connectivity index (χ2n) is 15.1. The van der Waals surface area contributed by atoms with Gasteiger partial charge in [0.1, 0.15) is 24.4 Å². The van der Waals surface area contributed by atoms with Gasteiger partial charge in [0.25, 0.3) is 0 Å². The van der Waals surface area contributed by atoms with E-state index in [1.165, 1.54) is 135 Å². The Kier molecular flexibility index (Phi) is 31.5. The number of aliphatic hydroxyl groups is 5. The summed E-state index contributed by atoms with van der Waals surface area (Å²) in [7, 11) is 0. The number of allylic oxidation sites excluding steroid dienone is 1. The maximum Gasteiger partial charge on any atom is 0.220 e. The Morgan fingerprint density at radius 1 is 0.647 bits per heavy atom. The molecule has 9 nitrogen and oxygen atoms in total. The molecule has 7 atom stereocenters. The van der Waals surface area contributed by atoms with E-state index in [0.29, 0.717) is 6.42 Å². The first-order chi connectivity index (χ1) is 24.8. The van der Waals surface area contributed by atoms with E-state index in [-0.39, 0.29) is 12.5 Å². The van der Waals surface area contributed by atoms with Gasteiger partial charge in [0.05, 0.1) is 25.4 Å². The molecule has 0 bridgehead atoms. The van der Waals surface area contributed by atoms with E-state index in [1.54, 1.807) is 6.08 Å². The van der Waals surface area contributed by atoms with Crippen molar-refractivity contribution >= 4 is 5.91 Å². The van der Waals surface area contributed by atoms with Gasteiger partial charge in [0.15, 0.2) is 6.29 Å². The molecule has 6 N–H and O–H groups in total. The van der Waals surface area contributed by atoms with Crippen LogP contribution in [0.5, 0.6) is 0 Å². The van der Waals surface area contributed by atoms with Crippen LogP contribution in [0.15, 0.2) is 12.2 Å². The maximum atomic E-state index is 12.9. The minimum absolute atomic E-state index is 0.176. The lowest BCUT2D eigenvalue weighted by Gasteiger charge is -2.40. The van der Waals surface area contributed by atoms with Gasteiger partial charge in [-0.25, -0.2) is 0 Å². The molecular weight excluding hydrogens is 646 g/mol. The van der Waals surface area contributed by atoms with Crippen molar-refractivity contribution in [2.75, 3.05) is 13.2 Å². The van der Waals surface area contributed by atoms with E-state index in [9.17, 15) is 30.3 Å². The lowest BCUT2D eigenvalue weighted by molar-refractivity contribution is -0.302. The molecule has 1 heterocycles. The minimum atomic E-state index is -1.56. The molecule has 0 aromatic carbocycles. The highest BCUT2D eigenvalue weighted by atomic mass is 16.7. The summed E-state index contributed by atoms with van der Waals surface area (Å²) in [6.07, 6.45) is 29.6. The Labute approximate surface area is 312 Å². The van der Waals surface area contributed by atoms with E-state index in [1.807, 2.05) is 6.08 Å². The lowest BCUT2D eigenvalue weighted by atomic mass is 9.99.